The summed E-state index contributed by atoms with van der Waals surface area (Å²) in [4.78, 5) is 25.5. The summed E-state index contributed by atoms with van der Waals surface area (Å²) in [6.07, 6.45) is 7.55. The molecule has 11 nitrogen and oxygen atoms in total. The van der Waals surface area contributed by atoms with Gasteiger partial charge in [-0.25, -0.2) is 14.1 Å². The van der Waals surface area contributed by atoms with E-state index >= 15 is 0 Å². The van der Waals surface area contributed by atoms with Crippen molar-refractivity contribution >= 4 is 22.9 Å². The van der Waals surface area contributed by atoms with Crippen LogP contribution < -0.4 is 9.64 Å². The summed E-state index contributed by atoms with van der Waals surface area (Å²) in [5.74, 6) is 1.02. The second-order valence-electron chi connectivity index (χ2n) is 12.1. The van der Waals surface area contributed by atoms with E-state index in [-0.39, 0.29) is 17.6 Å². The molecule has 0 radical (unpaired) electrons. The van der Waals surface area contributed by atoms with E-state index in [1.165, 1.54) is 23.1 Å². The fourth-order valence-corrected chi connectivity index (χ4v) is 6.43. The lowest BCUT2D eigenvalue weighted by atomic mass is 9.94. The van der Waals surface area contributed by atoms with Crippen LogP contribution in [0.2, 0.25) is 0 Å². The summed E-state index contributed by atoms with van der Waals surface area (Å²) in [5, 5.41) is 11.4. The Balaban J connectivity index is 1.15. The van der Waals surface area contributed by atoms with Gasteiger partial charge in [-0.2, -0.15) is 0 Å². The summed E-state index contributed by atoms with van der Waals surface area (Å²) in [6.45, 7) is 7.81. The van der Waals surface area contributed by atoms with Crippen LogP contribution in [-0.2, 0) is 6.54 Å². The number of imidazole rings is 1. The Morgan fingerprint density at radius 2 is 1.90 bits per heavy atom. The predicted molar refractivity (Wildman–Crippen MR) is 184 cm³/mol. The third-order valence-corrected chi connectivity index (χ3v) is 9.03. The number of halogens is 1. The Morgan fingerprint density at radius 3 is 2.67 bits per heavy atom. The number of rotatable bonds is 12. The molecule has 3 aromatic carbocycles. The number of aromatic nitrogens is 6. The van der Waals surface area contributed by atoms with Gasteiger partial charge in [0.25, 0.3) is 5.91 Å². The normalized spacial score (nSPS) is 14.8. The minimum Gasteiger partial charge on any atom is -0.496 e. The Bertz CT molecular complexity index is 1840. The number of carbonyl (C=O) groups is 1. The van der Waals surface area contributed by atoms with Crippen molar-refractivity contribution in [1.82, 2.24) is 39.6 Å². The molecule has 6 rings (SSSR count). The van der Waals surface area contributed by atoms with E-state index in [4.69, 9.17) is 9.72 Å². The van der Waals surface area contributed by atoms with Gasteiger partial charge in [-0.3, -0.25) is 4.79 Å². The van der Waals surface area contributed by atoms with Crippen LogP contribution >= 0.6 is 0 Å². The molecule has 1 aliphatic rings. The molecule has 1 amide bonds. The molecular weight excluding hydrogens is 609 g/mol. The average Bonchev–Trinajstić information content (AvgIpc) is 3.72. The fraction of sp³-hybridized carbons (Fsp3) is 0.361. The Hall–Kier alpha value is -5.10. The number of nitrogens with zero attached hydrogens (tertiary/aromatic N) is 9. The third kappa shape index (κ3) is 7.38. The van der Waals surface area contributed by atoms with Crippen molar-refractivity contribution in [2.75, 3.05) is 58.3 Å². The van der Waals surface area contributed by atoms with Crippen LogP contribution in [0, 0.1) is 5.82 Å². The topological polar surface area (TPSA) is 97.4 Å². The van der Waals surface area contributed by atoms with Gasteiger partial charge in [0.2, 0.25) is 5.95 Å². The molecule has 1 fully saturated rings. The molecule has 1 atom stereocenters. The van der Waals surface area contributed by atoms with Gasteiger partial charge in [0.1, 0.15) is 17.9 Å². The SMILES string of the molecule is CC=CCn1c(N2CCCN(CCC(CN(C)C(=O)c3cc(-n4cnnn4)ccc3OC)c3ccc(F)cc3)CC2)nc2ccccc21. The highest BCUT2D eigenvalue weighted by atomic mass is 19.1. The largest absolute Gasteiger partial charge is 0.496 e. The van der Waals surface area contributed by atoms with Gasteiger partial charge in [0, 0.05) is 45.7 Å². The van der Waals surface area contributed by atoms with Gasteiger partial charge in [-0.05, 0) is 91.3 Å². The molecule has 2 aromatic heterocycles. The van der Waals surface area contributed by atoms with Crippen molar-refractivity contribution < 1.29 is 13.9 Å². The zero-order valence-corrected chi connectivity index (χ0v) is 27.7. The highest BCUT2D eigenvalue weighted by Gasteiger charge is 2.25. The first-order chi connectivity index (χ1) is 23.4. The molecular formula is C36H42FN9O2. The molecule has 1 unspecified atom stereocenters. The number of anilines is 1. The number of methoxy groups -OCH3 is 1. The summed E-state index contributed by atoms with van der Waals surface area (Å²) in [5.41, 5.74) is 4.23. The monoisotopic (exact) mass is 651 g/mol. The average molecular weight is 652 g/mol. The highest BCUT2D eigenvalue weighted by molar-refractivity contribution is 5.97. The van der Waals surface area contributed by atoms with Crippen molar-refractivity contribution in [3.8, 4) is 11.4 Å². The van der Waals surface area contributed by atoms with Crippen LogP contribution in [0.5, 0.6) is 5.75 Å². The molecule has 0 saturated carbocycles. The van der Waals surface area contributed by atoms with Crippen LogP contribution in [-0.4, -0.2) is 98.9 Å². The van der Waals surface area contributed by atoms with E-state index in [1.54, 1.807) is 37.3 Å². The maximum atomic E-state index is 13.9. The van der Waals surface area contributed by atoms with Crippen molar-refractivity contribution in [2.24, 2.45) is 0 Å². The van der Waals surface area contributed by atoms with Crippen LogP contribution in [0.15, 0.2) is 85.2 Å². The van der Waals surface area contributed by atoms with E-state index in [0.29, 0.717) is 23.5 Å². The Labute approximate surface area is 280 Å². The van der Waals surface area contributed by atoms with E-state index in [9.17, 15) is 9.18 Å². The molecule has 250 valence electrons. The highest BCUT2D eigenvalue weighted by Crippen LogP contribution is 2.28. The zero-order chi connectivity index (χ0) is 33.5. The summed E-state index contributed by atoms with van der Waals surface area (Å²) < 4.78 is 23.3. The van der Waals surface area contributed by atoms with E-state index in [2.05, 4.69) is 60.2 Å². The lowest BCUT2D eigenvalue weighted by Gasteiger charge is -2.28. The number of amides is 1. The van der Waals surface area contributed by atoms with Crippen molar-refractivity contribution in [2.45, 2.75) is 32.2 Å². The Morgan fingerprint density at radius 1 is 1.06 bits per heavy atom. The molecule has 0 aliphatic carbocycles. The third-order valence-electron chi connectivity index (χ3n) is 9.03. The van der Waals surface area contributed by atoms with Crippen molar-refractivity contribution in [3.63, 3.8) is 0 Å². The van der Waals surface area contributed by atoms with Crippen LogP contribution in [0.1, 0.15) is 41.6 Å². The van der Waals surface area contributed by atoms with E-state index < -0.39 is 0 Å². The lowest BCUT2D eigenvalue weighted by Crippen LogP contribution is -2.35. The smallest absolute Gasteiger partial charge is 0.257 e. The van der Waals surface area contributed by atoms with Gasteiger partial charge in [0.15, 0.2) is 0 Å². The molecule has 0 N–H and O–H groups in total. The maximum Gasteiger partial charge on any atom is 0.257 e. The predicted octanol–water partition coefficient (Wildman–Crippen LogP) is 5.19. The van der Waals surface area contributed by atoms with Crippen LogP contribution in [0.4, 0.5) is 10.3 Å². The number of tetrazole rings is 1. The van der Waals surface area contributed by atoms with Crippen molar-refractivity contribution in [3.05, 3.63) is 102 Å². The molecule has 48 heavy (non-hydrogen) atoms. The first-order valence-electron chi connectivity index (χ1n) is 16.4. The van der Waals surface area contributed by atoms with Crippen molar-refractivity contribution in [1.29, 1.82) is 0 Å². The molecule has 1 saturated heterocycles. The first kappa shape index (κ1) is 32.8. The van der Waals surface area contributed by atoms with Crippen LogP contribution in [0.25, 0.3) is 16.7 Å². The number of ether oxygens (including phenoxy) is 1. The minimum absolute atomic E-state index is 0.00220. The van der Waals surface area contributed by atoms with E-state index in [1.807, 2.05) is 25.1 Å². The van der Waals surface area contributed by atoms with E-state index in [0.717, 1.165) is 74.7 Å². The lowest BCUT2D eigenvalue weighted by molar-refractivity contribution is 0.0779. The Kier molecular flexibility index (Phi) is 10.4. The number of para-hydroxylation sites is 2. The molecule has 1 aliphatic heterocycles. The second-order valence-corrected chi connectivity index (χ2v) is 12.1. The minimum atomic E-state index is -0.279. The van der Waals surface area contributed by atoms with Gasteiger partial charge < -0.3 is 24.0 Å². The van der Waals surface area contributed by atoms with Gasteiger partial charge in [-0.15, -0.1) is 5.10 Å². The number of carbonyl (C=O) groups excluding carboxylic acids is 1. The van der Waals surface area contributed by atoms with Gasteiger partial charge in [0.05, 0.1) is 29.4 Å². The molecule has 12 heteroatoms. The zero-order valence-electron chi connectivity index (χ0n) is 27.7. The van der Waals surface area contributed by atoms with Gasteiger partial charge in [-0.1, -0.05) is 36.4 Å². The number of allylic oxidation sites excluding steroid dienone is 2. The quantitative estimate of drug-likeness (QED) is 0.170. The number of likely N-dealkylation sites (N-methyl/N-ethyl adjacent to an activating group) is 1. The number of hydrogen-bond acceptors (Lipinski definition) is 8. The first-order valence-corrected chi connectivity index (χ1v) is 16.4. The summed E-state index contributed by atoms with van der Waals surface area (Å²) in [6, 6.07) is 20.2. The summed E-state index contributed by atoms with van der Waals surface area (Å²) in [7, 11) is 3.34. The molecule has 5 aromatic rings. The second kappa shape index (κ2) is 15.2. The molecule has 3 heterocycles. The standard InChI is InChI=1S/C36H42FN9O2/c1-4-5-20-45-33-10-7-6-9-32(33)39-36(45)44-19-8-18-43(22-23-44)21-17-28(27-11-13-29(37)14-12-27)25-42(2)35(47)31-24-30(15-16-34(31)48-3)46-26-38-40-41-46/h4-7,9-16,24,26,28H,8,17-23,25H2,1-3H3. The fourth-order valence-electron chi connectivity index (χ4n) is 6.43. The molecule has 0 spiro atoms. The van der Waals surface area contributed by atoms with Crippen LogP contribution in [0.3, 0.4) is 0 Å². The van der Waals surface area contributed by atoms with Gasteiger partial charge >= 0.3 is 0 Å². The summed E-state index contributed by atoms with van der Waals surface area (Å²) >= 11 is 0. The number of hydrogen-bond donors (Lipinski definition) is 0. The number of benzene rings is 3. The number of fused-ring (bicyclic) bond motifs is 1. The molecule has 0 bridgehead atoms. The maximum absolute atomic E-state index is 13.9.